The van der Waals surface area contributed by atoms with Gasteiger partial charge in [-0.1, -0.05) is 6.92 Å². The predicted octanol–water partition coefficient (Wildman–Crippen LogP) is 2.77. The lowest BCUT2D eigenvalue weighted by Gasteiger charge is -2.24. The number of ether oxygens (including phenoxy) is 1. The van der Waals surface area contributed by atoms with Crippen LogP contribution in [-0.4, -0.2) is 29.1 Å². The fourth-order valence-electron chi connectivity index (χ4n) is 2.19. The van der Waals surface area contributed by atoms with Crippen molar-refractivity contribution in [2.24, 2.45) is 0 Å². The Bertz CT molecular complexity index is 367. The molecule has 1 atom stereocenters. The van der Waals surface area contributed by atoms with Crippen molar-refractivity contribution < 1.29 is 9.53 Å². The van der Waals surface area contributed by atoms with E-state index < -0.39 is 0 Å². The van der Waals surface area contributed by atoms with Crippen LogP contribution in [0.4, 0.5) is 4.79 Å². The molecule has 1 amide bonds. The van der Waals surface area contributed by atoms with Gasteiger partial charge in [-0.2, -0.15) is 0 Å². The molecule has 0 aromatic carbocycles. The molecule has 1 aliphatic rings. The highest BCUT2D eigenvalue weighted by Gasteiger charge is 2.30. The van der Waals surface area contributed by atoms with Crippen LogP contribution in [-0.2, 0) is 4.74 Å². The Morgan fingerprint density at radius 2 is 2.29 bits per heavy atom. The Hall–Kier alpha value is -1.58. The third kappa shape index (κ3) is 2.75. The number of hydrogen-bond acceptors (Lipinski definition) is 3. The van der Waals surface area contributed by atoms with Crippen molar-refractivity contribution in [1.82, 2.24) is 9.88 Å². The van der Waals surface area contributed by atoms with Crippen LogP contribution >= 0.6 is 0 Å². The van der Waals surface area contributed by atoms with Crippen LogP contribution in [0.2, 0.25) is 0 Å². The molecule has 1 aliphatic heterocycles. The number of hydrogen-bond donors (Lipinski definition) is 0. The Morgan fingerprint density at radius 1 is 1.53 bits per heavy atom. The molecular formula is C13H18N2O2. The third-order valence-corrected chi connectivity index (χ3v) is 3.01. The van der Waals surface area contributed by atoms with E-state index in [2.05, 4.69) is 4.98 Å². The van der Waals surface area contributed by atoms with E-state index in [0.29, 0.717) is 6.61 Å². The summed E-state index contributed by atoms with van der Waals surface area (Å²) in [4.78, 5) is 17.7. The maximum absolute atomic E-state index is 11.9. The normalized spacial score (nSPS) is 19.4. The molecule has 2 rings (SSSR count). The number of pyridine rings is 1. The number of amides is 1. The second-order valence-corrected chi connectivity index (χ2v) is 4.25. The summed E-state index contributed by atoms with van der Waals surface area (Å²) >= 11 is 0. The minimum Gasteiger partial charge on any atom is -0.449 e. The number of carbonyl (C=O) groups excluding carboxylic acids is 1. The Kier molecular flexibility index (Phi) is 3.96. The van der Waals surface area contributed by atoms with E-state index >= 15 is 0 Å². The van der Waals surface area contributed by atoms with Gasteiger partial charge < -0.3 is 9.64 Å². The summed E-state index contributed by atoms with van der Waals surface area (Å²) in [6.45, 7) is 3.28. The monoisotopic (exact) mass is 234 g/mol. The van der Waals surface area contributed by atoms with Crippen LogP contribution in [0.1, 0.15) is 37.8 Å². The maximum Gasteiger partial charge on any atom is 0.410 e. The fourth-order valence-corrected chi connectivity index (χ4v) is 2.19. The molecule has 0 saturated carbocycles. The van der Waals surface area contributed by atoms with E-state index in [0.717, 1.165) is 31.4 Å². The Morgan fingerprint density at radius 3 is 3.00 bits per heavy atom. The van der Waals surface area contributed by atoms with Gasteiger partial charge in [-0.15, -0.1) is 0 Å². The molecule has 1 aromatic rings. The van der Waals surface area contributed by atoms with E-state index in [-0.39, 0.29) is 12.1 Å². The first kappa shape index (κ1) is 11.9. The summed E-state index contributed by atoms with van der Waals surface area (Å²) in [6.07, 6.45) is 6.25. The zero-order chi connectivity index (χ0) is 12.1. The maximum atomic E-state index is 11.9. The first-order valence-electron chi connectivity index (χ1n) is 6.16. The van der Waals surface area contributed by atoms with Gasteiger partial charge in [-0.3, -0.25) is 4.98 Å². The van der Waals surface area contributed by atoms with Gasteiger partial charge in [-0.05, 0) is 37.0 Å². The number of likely N-dealkylation sites (tertiary alicyclic amines) is 1. The van der Waals surface area contributed by atoms with Gasteiger partial charge in [0.2, 0.25) is 0 Å². The van der Waals surface area contributed by atoms with Crippen molar-refractivity contribution in [2.45, 2.75) is 32.2 Å². The van der Waals surface area contributed by atoms with E-state index in [4.69, 9.17) is 4.74 Å². The van der Waals surface area contributed by atoms with Gasteiger partial charge >= 0.3 is 6.09 Å². The minimum absolute atomic E-state index is 0.155. The second-order valence-electron chi connectivity index (χ2n) is 4.25. The molecule has 0 radical (unpaired) electrons. The van der Waals surface area contributed by atoms with Crippen molar-refractivity contribution >= 4 is 6.09 Å². The first-order chi connectivity index (χ1) is 8.33. The zero-order valence-electron chi connectivity index (χ0n) is 10.1. The van der Waals surface area contributed by atoms with Crippen molar-refractivity contribution in [3.8, 4) is 0 Å². The highest BCUT2D eigenvalue weighted by atomic mass is 16.6. The van der Waals surface area contributed by atoms with Crippen LogP contribution in [0.15, 0.2) is 24.5 Å². The Balaban J connectivity index is 2.05. The van der Waals surface area contributed by atoms with Crippen molar-refractivity contribution in [3.05, 3.63) is 30.1 Å². The molecular weight excluding hydrogens is 216 g/mol. The topological polar surface area (TPSA) is 42.4 Å². The van der Waals surface area contributed by atoms with Gasteiger partial charge in [0.05, 0.1) is 12.6 Å². The second kappa shape index (κ2) is 5.66. The third-order valence-electron chi connectivity index (χ3n) is 3.01. The highest BCUT2D eigenvalue weighted by Crippen LogP contribution is 2.31. The number of aromatic nitrogens is 1. The molecule has 1 aromatic heterocycles. The van der Waals surface area contributed by atoms with Crippen LogP contribution in [0, 0.1) is 0 Å². The molecule has 0 aliphatic carbocycles. The number of carbonyl (C=O) groups is 1. The van der Waals surface area contributed by atoms with Crippen LogP contribution in [0.5, 0.6) is 0 Å². The van der Waals surface area contributed by atoms with Crippen molar-refractivity contribution in [3.63, 3.8) is 0 Å². The van der Waals surface area contributed by atoms with E-state index in [1.54, 1.807) is 12.4 Å². The molecule has 0 N–H and O–H groups in total. The van der Waals surface area contributed by atoms with Crippen LogP contribution in [0.3, 0.4) is 0 Å². The lowest BCUT2D eigenvalue weighted by atomic mass is 10.1. The molecule has 1 saturated heterocycles. The predicted molar refractivity (Wildman–Crippen MR) is 64.6 cm³/mol. The van der Waals surface area contributed by atoms with Gasteiger partial charge in [-0.25, -0.2) is 4.79 Å². The summed E-state index contributed by atoms with van der Waals surface area (Å²) in [7, 11) is 0. The standard InChI is InChI=1S/C13H18N2O2/c1-2-10-17-13(16)15-9-3-4-12(15)11-5-7-14-8-6-11/h5-8,12H,2-4,9-10H2,1H3. The summed E-state index contributed by atoms with van der Waals surface area (Å²) in [5.41, 5.74) is 1.14. The molecule has 92 valence electrons. The van der Waals surface area contributed by atoms with Crippen molar-refractivity contribution in [1.29, 1.82) is 0 Å². The smallest absolute Gasteiger partial charge is 0.410 e. The quantitative estimate of drug-likeness (QED) is 0.807. The van der Waals surface area contributed by atoms with Gasteiger partial charge in [0, 0.05) is 18.9 Å². The van der Waals surface area contributed by atoms with Crippen LogP contribution < -0.4 is 0 Å². The summed E-state index contributed by atoms with van der Waals surface area (Å²) < 4.78 is 5.20. The van der Waals surface area contributed by atoms with E-state index in [9.17, 15) is 4.79 Å². The molecule has 1 unspecified atom stereocenters. The number of nitrogens with zero attached hydrogens (tertiary/aromatic N) is 2. The largest absolute Gasteiger partial charge is 0.449 e. The Labute approximate surface area is 102 Å². The molecule has 0 bridgehead atoms. The molecule has 4 heteroatoms. The van der Waals surface area contributed by atoms with Crippen LogP contribution in [0.25, 0.3) is 0 Å². The SMILES string of the molecule is CCCOC(=O)N1CCCC1c1ccncc1. The van der Waals surface area contributed by atoms with Crippen molar-refractivity contribution in [2.75, 3.05) is 13.2 Å². The van der Waals surface area contributed by atoms with E-state index in [1.165, 1.54) is 0 Å². The van der Waals surface area contributed by atoms with Gasteiger partial charge in [0.25, 0.3) is 0 Å². The van der Waals surface area contributed by atoms with E-state index in [1.807, 2.05) is 24.0 Å². The lowest BCUT2D eigenvalue weighted by Crippen LogP contribution is -2.31. The number of rotatable bonds is 3. The molecule has 4 nitrogen and oxygen atoms in total. The summed E-state index contributed by atoms with van der Waals surface area (Å²) in [6, 6.07) is 4.09. The molecule has 2 heterocycles. The highest BCUT2D eigenvalue weighted by molar-refractivity contribution is 5.68. The fraction of sp³-hybridized carbons (Fsp3) is 0.538. The zero-order valence-corrected chi connectivity index (χ0v) is 10.1. The molecule has 1 fully saturated rings. The first-order valence-corrected chi connectivity index (χ1v) is 6.16. The average molecular weight is 234 g/mol. The van der Waals surface area contributed by atoms with Gasteiger partial charge in [0.1, 0.15) is 0 Å². The summed E-state index contributed by atoms with van der Waals surface area (Å²) in [5, 5.41) is 0. The average Bonchev–Trinajstić information content (AvgIpc) is 2.86. The van der Waals surface area contributed by atoms with Gasteiger partial charge in [0.15, 0.2) is 0 Å². The summed E-state index contributed by atoms with van der Waals surface area (Å²) in [5.74, 6) is 0. The lowest BCUT2D eigenvalue weighted by molar-refractivity contribution is 0.0981. The minimum atomic E-state index is -0.189. The molecule has 17 heavy (non-hydrogen) atoms. The molecule has 0 spiro atoms.